The highest BCUT2D eigenvalue weighted by Crippen LogP contribution is 2.45. The van der Waals surface area contributed by atoms with Gasteiger partial charge in [0.25, 0.3) is 0 Å². The number of aliphatic hydroxyl groups is 2. The van der Waals surface area contributed by atoms with Crippen molar-refractivity contribution in [2.45, 2.75) is 12.2 Å². The number of rotatable bonds is 9. The van der Waals surface area contributed by atoms with Crippen molar-refractivity contribution in [2.24, 2.45) is 0 Å². The Labute approximate surface area is 333 Å². The average molecular weight is 811 g/mol. The highest BCUT2D eigenvalue weighted by Gasteiger charge is 2.30. The summed E-state index contributed by atoms with van der Waals surface area (Å²) in [5.74, 6) is -1.53. The summed E-state index contributed by atoms with van der Waals surface area (Å²) in [5, 5.41) is 24.5. The van der Waals surface area contributed by atoms with Gasteiger partial charge in [-0.3, -0.25) is 4.98 Å². The van der Waals surface area contributed by atoms with Gasteiger partial charge >= 0.3 is 0 Å². The van der Waals surface area contributed by atoms with E-state index in [0.29, 0.717) is 27.3 Å². The molecule has 2 unspecified atom stereocenters. The molecule has 0 radical (unpaired) electrons. The van der Waals surface area contributed by atoms with E-state index < -0.39 is 29.7 Å². The first-order chi connectivity index (χ1) is 27.1. The minimum Gasteiger partial charge on any atom is -0.463 e. The van der Waals surface area contributed by atoms with Crippen LogP contribution in [0.2, 0.25) is 15.1 Å². The van der Waals surface area contributed by atoms with E-state index in [1.807, 2.05) is 0 Å². The Morgan fingerprint density at radius 2 is 1.21 bits per heavy atom. The molecule has 6 nitrogen and oxygen atoms in total. The lowest BCUT2D eigenvalue weighted by Gasteiger charge is -2.15. The first kappa shape index (κ1) is 37.3. The molecular weight excluding hydrogens is 784 g/mol. The van der Waals surface area contributed by atoms with Gasteiger partial charge in [-0.25, -0.2) is 8.78 Å². The molecule has 4 aromatic heterocycles. The molecule has 0 fully saturated rings. The zero-order valence-corrected chi connectivity index (χ0v) is 31.1. The van der Waals surface area contributed by atoms with Gasteiger partial charge in [0.15, 0.2) is 18.2 Å². The smallest absolute Gasteiger partial charge is 0.247 e. The Hall–Kier alpha value is -5.68. The number of pyridine rings is 2. The molecule has 2 N–H and O–H groups in total. The lowest BCUT2D eigenvalue weighted by atomic mass is 9.92. The van der Waals surface area contributed by atoms with Gasteiger partial charge in [0, 0.05) is 90.2 Å². The van der Waals surface area contributed by atoms with Gasteiger partial charge in [-0.1, -0.05) is 53.0 Å². The average Bonchev–Trinajstić information content (AvgIpc) is 3.84. The minimum atomic E-state index is -1.42. The van der Waals surface area contributed by atoms with Crippen molar-refractivity contribution in [1.29, 1.82) is 0 Å². The van der Waals surface area contributed by atoms with Crippen molar-refractivity contribution in [3.8, 4) is 50.6 Å². The standard InChI is InChI=1S/C44H27Cl3F3N2O4/c45-27-10-12-29(36(49)18-27)32-22-55-43(39(32)41(53)25-5-3-15-51-20-25)24-9-14-35(48)38(17-24)52-16-4-6-26(21-52)42(54)40-33(30-13-11-28(46)19-37(30)50)23-56-44(40)31-7-1-2-8-34(31)47/h1-23,41-42,53-54H/q+1. The van der Waals surface area contributed by atoms with Crippen LogP contribution >= 0.6 is 34.8 Å². The fourth-order valence-electron chi connectivity index (χ4n) is 6.72. The van der Waals surface area contributed by atoms with E-state index in [0.717, 1.165) is 12.1 Å². The first-order valence-electron chi connectivity index (χ1n) is 17.0. The molecule has 0 saturated heterocycles. The Bertz CT molecular complexity index is 2740. The molecule has 0 bridgehead atoms. The largest absolute Gasteiger partial charge is 0.463 e. The monoisotopic (exact) mass is 809 g/mol. The molecule has 0 spiro atoms. The van der Waals surface area contributed by atoms with Gasteiger partial charge in [-0.2, -0.15) is 8.96 Å². The number of hydrogen-bond donors (Lipinski definition) is 2. The summed E-state index contributed by atoms with van der Waals surface area (Å²) in [5.41, 5.74) is 2.82. The molecule has 8 rings (SSSR count). The molecule has 4 heterocycles. The maximum absolute atomic E-state index is 15.8. The van der Waals surface area contributed by atoms with Crippen LogP contribution in [0.3, 0.4) is 0 Å². The zero-order valence-electron chi connectivity index (χ0n) is 28.8. The molecule has 0 aliphatic carbocycles. The predicted molar refractivity (Wildman–Crippen MR) is 208 cm³/mol. The highest BCUT2D eigenvalue weighted by atomic mass is 35.5. The van der Waals surface area contributed by atoms with Crippen molar-refractivity contribution in [3.63, 3.8) is 0 Å². The van der Waals surface area contributed by atoms with Crippen molar-refractivity contribution in [3.05, 3.63) is 195 Å². The molecule has 0 aliphatic heterocycles. The van der Waals surface area contributed by atoms with Crippen molar-refractivity contribution in [1.82, 2.24) is 4.98 Å². The summed E-state index contributed by atoms with van der Waals surface area (Å²) in [7, 11) is 0. The minimum absolute atomic E-state index is 0.0523. The third-order valence-corrected chi connectivity index (χ3v) is 10.2. The number of hydrogen-bond acceptors (Lipinski definition) is 5. The second-order valence-electron chi connectivity index (χ2n) is 12.8. The number of halogens is 6. The number of nitrogens with zero attached hydrogens (tertiary/aromatic N) is 2. The molecule has 56 heavy (non-hydrogen) atoms. The first-order valence-corrected chi connectivity index (χ1v) is 18.2. The maximum atomic E-state index is 15.8. The van der Waals surface area contributed by atoms with Crippen LogP contribution in [0.5, 0.6) is 0 Å². The summed E-state index contributed by atoms with van der Waals surface area (Å²) in [6.07, 6.45) is 6.08. The second-order valence-corrected chi connectivity index (χ2v) is 14.1. The molecular formula is C44H27Cl3F3N2O4+. The normalized spacial score (nSPS) is 12.5. The van der Waals surface area contributed by atoms with E-state index in [9.17, 15) is 10.2 Å². The third kappa shape index (κ3) is 7.00. The molecule has 12 heteroatoms. The SMILES string of the molecule is OC(c1cccnc1)c1c(-c2ccc(Cl)cc2F)coc1-c1ccc(F)c(-[n+]2cccc(C(O)c3c(-c4ccc(Cl)cc4F)coc3-c3ccccc3Cl)c2)c1. The molecule has 0 aliphatic rings. The molecule has 2 atom stereocenters. The van der Waals surface area contributed by atoms with Crippen molar-refractivity contribution in [2.75, 3.05) is 0 Å². The highest BCUT2D eigenvalue weighted by molar-refractivity contribution is 6.33. The molecule has 278 valence electrons. The fourth-order valence-corrected chi connectivity index (χ4v) is 7.25. The number of aliphatic hydroxyl groups excluding tert-OH is 2. The second kappa shape index (κ2) is 15.5. The zero-order chi connectivity index (χ0) is 39.1. The van der Waals surface area contributed by atoms with E-state index in [-0.39, 0.29) is 60.6 Å². The quantitative estimate of drug-likeness (QED) is 0.142. The van der Waals surface area contributed by atoms with E-state index in [1.54, 1.807) is 60.9 Å². The Balaban J connectivity index is 1.24. The van der Waals surface area contributed by atoms with Gasteiger partial charge < -0.3 is 19.0 Å². The van der Waals surface area contributed by atoms with Crippen molar-refractivity contribution >= 4 is 34.8 Å². The lowest BCUT2D eigenvalue weighted by molar-refractivity contribution is -0.598. The number of furan rings is 2. The molecule has 0 saturated carbocycles. The van der Waals surface area contributed by atoms with Crippen molar-refractivity contribution < 1.29 is 36.8 Å². The Kier molecular flexibility index (Phi) is 10.3. The summed E-state index contributed by atoms with van der Waals surface area (Å²) >= 11 is 18.7. The Morgan fingerprint density at radius 3 is 1.86 bits per heavy atom. The van der Waals surface area contributed by atoms with Gasteiger partial charge in [0.1, 0.15) is 35.4 Å². The van der Waals surface area contributed by atoms with E-state index in [4.69, 9.17) is 43.6 Å². The van der Waals surface area contributed by atoms with Gasteiger partial charge in [0.05, 0.1) is 17.5 Å². The van der Waals surface area contributed by atoms with Crippen LogP contribution < -0.4 is 4.57 Å². The van der Waals surface area contributed by atoms with Crippen LogP contribution in [0.25, 0.3) is 50.6 Å². The summed E-state index contributed by atoms with van der Waals surface area (Å²) < 4.78 is 60.0. The van der Waals surface area contributed by atoms with Crippen LogP contribution in [0.1, 0.15) is 34.5 Å². The topological polar surface area (TPSA) is 83.5 Å². The van der Waals surface area contributed by atoms with Crippen LogP contribution in [0, 0.1) is 17.5 Å². The molecule has 0 amide bonds. The summed E-state index contributed by atoms with van der Waals surface area (Å²) in [4.78, 5) is 4.12. The number of benzene rings is 4. The van der Waals surface area contributed by atoms with Crippen LogP contribution in [0.15, 0.2) is 149 Å². The Morgan fingerprint density at radius 1 is 0.589 bits per heavy atom. The van der Waals surface area contributed by atoms with Crippen LogP contribution in [-0.4, -0.2) is 15.2 Å². The van der Waals surface area contributed by atoms with E-state index >= 15 is 13.2 Å². The molecule has 4 aromatic carbocycles. The van der Waals surface area contributed by atoms with E-state index in [1.165, 1.54) is 72.0 Å². The fraction of sp³-hybridized carbons (Fsp3) is 0.0455. The van der Waals surface area contributed by atoms with Gasteiger partial charge in [0.2, 0.25) is 5.69 Å². The molecule has 8 aromatic rings. The van der Waals surface area contributed by atoms with Gasteiger partial charge in [-0.05, 0) is 72.8 Å². The lowest BCUT2D eigenvalue weighted by Crippen LogP contribution is -2.32. The number of aromatic nitrogens is 2. The maximum Gasteiger partial charge on any atom is 0.247 e. The predicted octanol–water partition coefficient (Wildman–Crippen LogP) is 11.8. The van der Waals surface area contributed by atoms with Gasteiger partial charge in [-0.15, -0.1) is 0 Å². The summed E-state index contributed by atoms with van der Waals surface area (Å²) in [6, 6.07) is 26.0. The van der Waals surface area contributed by atoms with Crippen LogP contribution in [0.4, 0.5) is 13.2 Å². The van der Waals surface area contributed by atoms with Crippen LogP contribution in [-0.2, 0) is 0 Å². The van der Waals surface area contributed by atoms with E-state index in [2.05, 4.69) is 4.98 Å². The summed E-state index contributed by atoms with van der Waals surface area (Å²) in [6.45, 7) is 0. The third-order valence-electron chi connectivity index (χ3n) is 9.39.